The number of rotatable bonds is 5. The largest absolute Gasteiger partial charge is 0.416 e. The van der Waals surface area contributed by atoms with Crippen LogP contribution >= 0.6 is 0 Å². The molecule has 2 aliphatic heterocycles. The summed E-state index contributed by atoms with van der Waals surface area (Å²) >= 11 is 0. The van der Waals surface area contributed by atoms with Gasteiger partial charge in [-0.15, -0.1) is 0 Å². The Balaban J connectivity index is 1.49. The van der Waals surface area contributed by atoms with Crippen LogP contribution in [0.5, 0.6) is 0 Å². The Hall–Kier alpha value is -3.18. The SMILES string of the molecule is CC(C)[C@@H](NC(=O)c1cc(C(F)(F)F)ccc1F)C(=O)N1CCC2(CC1)C(=O)N(C)C(=O)N2C1CCCC1. The second-order valence-corrected chi connectivity index (χ2v) is 10.7. The van der Waals surface area contributed by atoms with Gasteiger partial charge in [0.2, 0.25) is 5.91 Å². The third-order valence-corrected chi connectivity index (χ3v) is 8.01. The predicted molar refractivity (Wildman–Crippen MR) is 128 cm³/mol. The van der Waals surface area contributed by atoms with E-state index < -0.39 is 52.4 Å². The first-order chi connectivity index (χ1) is 17.8. The molecule has 0 radical (unpaired) electrons. The Morgan fingerprint density at radius 2 is 1.68 bits per heavy atom. The first-order valence-electron chi connectivity index (χ1n) is 12.9. The summed E-state index contributed by atoms with van der Waals surface area (Å²) in [5, 5.41) is 2.41. The van der Waals surface area contributed by atoms with E-state index in [1.807, 2.05) is 0 Å². The van der Waals surface area contributed by atoms with Gasteiger partial charge >= 0.3 is 12.2 Å². The lowest BCUT2D eigenvalue weighted by Crippen LogP contribution is -2.61. The number of hydrogen-bond acceptors (Lipinski definition) is 4. The van der Waals surface area contributed by atoms with Gasteiger partial charge in [-0.3, -0.25) is 19.3 Å². The summed E-state index contributed by atoms with van der Waals surface area (Å²) < 4.78 is 53.5. The van der Waals surface area contributed by atoms with Crippen LogP contribution in [0.2, 0.25) is 0 Å². The highest BCUT2D eigenvalue weighted by molar-refractivity contribution is 6.07. The Kier molecular flexibility index (Phi) is 7.46. The Bertz CT molecular complexity index is 1120. The number of nitrogens with zero attached hydrogens (tertiary/aromatic N) is 3. The quantitative estimate of drug-likeness (QED) is 0.455. The van der Waals surface area contributed by atoms with Crippen LogP contribution in [0.4, 0.5) is 22.4 Å². The van der Waals surface area contributed by atoms with Gasteiger partial charge in [0.1, 0.15) is 17.4 Å². The number of carbonyl (C=O) groups excluding carboxylic acids is 4. The number of hydrogen-bond donors (Lipinski definition) is 1. The van der Waals surface area contributed by atoms with Crippen molar-refractivity contribution < 1.29 is 36.7 Å². The van der Waals surface area contributed by atoms with Crippen molar-refractivity contribution >= 4 is 23.8 Å². The monoisotopic (exact) mass is 540 g/mol. The molecule has 1 aromatic carbocycles. The summed E-state index contributed by atoms with van der Waals surface area (Å²) in [5.74, 6) is -3.47. The maximum Gasteiger partial charge on any atom is 0.416 e. The standard InChI is InChI=1S/C26H32F4N4O4/c1-15(2)20(31-21(35)18-14-16(26(28,29)30)8-9-19(18)27)22(36)33-12-10-25(11-13-33)23(37)32(3)24(38)34(25)17-6-4-5-7-17/h8-9,14-15,17,20H,4-7,10-13H2,1-3H3,(H,31,35)/t20-/m1/s1. The highest BCUT2D eigenvalue weighted by atomic mass is 19.4. The number of benzene rings is 1. The summed E-state index contributed by atoms with van der Waals surface area (Å²) in [5.41, 5.74) is -3.00. The number of amides is 5. The molecule has 4 rings (SSSR count). The molecule has 208 valence electrons. The van der Waals surface area contributed by atoms with E-state index in [0.717, 1.165) is 30.6 Å². The molecule has 12 heteroatoms. The van der Waals surface area contributed by atoms with Gasteiger partial charge < -0.3 is 15.1 Å². The zero-order valence-corrected chi connectivity index (χ0v) is 21.6. The highest BCUT2D eigenvalue weighted by Crippen LogP contribution is 2.42. The average Bonchev–Trinajstić information content (AvgIpc) is 3.44. The van der Waals surface area contributed by atoms with E-state index in [2.05, 4.69) is 5.32 Å². The van der Waals surface area contributed by atoms with Crippen LogP contribution in [-0.2, 0) is 15.8 Å². The fourth-order valence-electron chi connectivity index (χ4n) is 5.87. The van der Waals surface area contributed by atoms with E-state index in [0.29, 0.717) is 18.2 Å². The van der Waals surface area contributed by atoms with Crippen molar-refractivity contribution in [3.63, 3.8) is 0 Å². The predicted octanol–water partition coefficient (Wildman–Crippen LogP) is 3.80. The zero-order valence-electron chi connectivity index (χ0n) is 21.6. The summed E-state index contributed by atoms with van der Waals surface area (Å²) in [7, 11) is 1.47. The normalized spacial score (nSPS) is 21.1. The number of imide groups is 1. The molecule has 1 N–H and O–H groups in total. The van der Waals surface area contributed by atoms with E-state index >= 15 is 0 Å². The summed E-state index contributed by atoms with van der Waals surface area (Å²) in [4.78, 5) is 56.7. The number of halogens is 4. The fraction of sp³-hybridized carbons (Fsp3) is 0.615. The van der Waals surface area contributed by atoms with Gasteiger partial charge in [-0.1, -0.05) is 26.7 Å². The van der Waals surface area contributed by atoms with Gasteiger partial charge in [-0.2, -0.15) is 13.2 Å². The summed E-state index contributed by atoms with van der Waals surface area (Å²) in [6.07, 6.45) is -0.671. The third-order valence-electron chi connectivity index (χ3n) is 8.01. The molecule has 1 aliphatic carbocycles. The van der Waals surface area contributed by atoms with Crippen LogP contribution in [0.15, 0.2) is 18.2 Å². The number of nitrogens with one attached hydrogen (secondary N) is 1. The second kappa shape index (κ2) is 10.2. The first-order valence-corrected chi connectivity index (χ1v) is 12.9. The Morgan fingerprint density at radius 1 is 1.08 bits per heavy atom. The van der Waals surface area contributed by atoms with Gasteiger partial charge in [0.15, 0.2) is 0 Å². The topological polar surface area (TPSA) is 90.0 Å². The van der Waals surface area contributed by atoms with E-state index in [1.165, 1.54) is 11.9 Å². The van der Waals surface area contributed by atoms with Gasteiger partial charge in [-0.25, -0.2) is 9.18 Å². The lowest BCUT2D eigenvalue weighted by Gasteiger charge is -2.45. The molecule has 3 aliphatic rings. The van der Waals surface area contributed by atoms with E-state index in [9.17, 15) is 36.7 Å². The van der Waals surface area contributed by atoms with Crippen LogP contribution in [-0.4, -0.2) is 76.2 Å². The molecule has 8 nitrogen and oxygen atoms in total. The molecule has 1 atom stereocenters. The average molecular weight is 541 g/mol. The van der Waals surface area contributed by atoms with Crippen molar-refractivity contribution in [3.8, 4) is 0 Å². The van der Waals surface area contributed by atoms with Crippen molar-refractivity contribution in [2.24, 2.45) is 5.92 Å². The maximum atomic E-state index is 14.3. The molecule has 2 heterocycles. The fourth-order valence-corrected chi connectivity index (χ4v) is 5.87. The summed E-state index contributed by atoms with van der Waals surface area (Å²) in [6, 6.07) is 0.0674. The lowest BCUT2D eigenvalue weighted by atomic mass is 9.84. The molecule has 2 saturated heterocycles. The minimum atomic E-state index is -4.76. The molecule has 38 heavy (non-hydrogen) atoms. The number of carbonyl (C=O) groups is 4. The first kappa shape index (κ1) is 27.8. The molecule has 5 amide bonds. The molecular weight excluding hydrogens is 508 g/mol. The lowest BCUT2D eigenvalue weighted by molar-refractivity contribution is -0.142. The maximum absolute atomic E-state index is 14.3. The van der Waals surface area contributed by atoms with Gasteiger partial charge in [0, 0.05) is 26.2 Å². The van der Waals surface area contributed by atoms with Crippen molar-refractivity contribution in [2.45, 2.75) is 76.2 Å². The molecule has 3 fully saturated rings. The number of likely N-dealkylation sites (N-methyl/N-ethyl adjacent to an activating group) is 1. The van der Waals surface area contributed by atoms with Crippen LogP contribution in [0.25, 0.3) is 0 Å². The highest BCUT2D eigenvalue weighted by Gasteiger charge is 2.59. The molecule has 0 bridgehead atoms. The molecule has 1 saturated carbocycles. The number of alkyl halides is 3. The van der Waals surface area contributed by atoms with E-state index in [1.54, 1.807) is 18.7 Å². The third kappa shape index (κ3) is 4.84. The van der Waals surface area contributed by atoms with E-state index in [4.69, 9.17) is 0 Å². The summed E-state index contributed by atoms with van der Waals surface area (Å²) in [6.45, 7) is 3.64. The van der Waals surface area contributed by atoms with Crippen molar-refractivity contribution in [1.29, 1.82) is 0 Å². The minimum Gasteiger partial charge on any atom is -0.341 e. The van der Waals surface area contributed by atoms with Crippen LogP contribution in [0.1, 0.15) is 68.3 Å². The minimum absolute atomic E-state index is 0.0243. The van der Waals surface area contributed by atoms with Crippen molar-refractivity contribution in [2.75, 3.05) is 20.1 Å². The number of likely N-dealkylation sites (tertiary alicyclic amines) is 1. The molecule has 1 aromatic rings. The van der Waals surface area contributed by atoms with Crippen molar-refractivity contribution in [3.05, 3.63) is 35.1 Å². The second-order valence-electron chi connectivity index (χ2n) is 10.7. The van der Waals surface area contributed by atoms with Crippen LogP contribution in [0, 0.1) is 11.7 Å². The van der Waals surface area contributed by atoms with Crippen molar-refractivity contribution in [1.82, 2.24) is 20.0 Å². The molecule has 1 spiro atoms. The Morgan fingerprint density at radius 3 is 2.24 bits per heavy atom. The zero-order chi connectivity index (χ0) is 28.0. The van der Waals surface area contributed by atoms with Gasteiger partial charge in [-0.05, 0) is 49.8 Å². The number of urea groups is 1. The van der Waals surface area contributed by atoms with Crippen LogP contribution in [0.3, 0.4) is 0 Å². The van der Waals surface area contributed by atoms with Crippen LogP contribution < -0.4 is 5.32 Å². The van der Waals surface area contributed by atoms with E-state index in [-0.39, 0.29) is 43.9 Å². The van der Waals surface area contributed by atoms with Gasteiger partial charge in [0.05, 0.1) is 11.1 Å². The molecular formula is C26H32F4N4O4. The molecule has 0 unspecified atom stereocenters. The molecule has 0 aromatic heterocycles. The number of piperidine rings is 1. The smallest absolute Gasteiger partial charge is 0.341 e. The Labute approximate surface area is 218 Å². The van der Waals surface area contributed by atoms with Gasteiger partial charge in [0.25, 0.3) is 11.8 Å².